The monoisotopic (exact) mass is 478 g/mol. The fourth-order valence-electron chi connectivity index (χ4n) is 3.31. The van der Waals surface area contributed by atoms with Gasteiger partial charge in [0.2, 0.25) is 5.65 Å². The first-order chi connectivity index (χ1) is 12.8. The average Bonchev–Trinajstić information content (AvgIpc) is 3.16. The number of nitrogens with zero attached hydrogens (tertiary/aromatic N) is 6. The van der Waals surface area contributed by atoms with Crippen LogP contribution in [0.3, 0.4) is 0 Å². The van der Waals surface area contributed by atoms with Gasteiger partial charge in [0, 0.05) is 37.7 Å². The van der Waals surface area contributed by atoms with Gasteiger partial charge < -0.3 is 16.0 Å². The second-order valence-corrected chi connectivity index (χ2v) is 6.48. The van der Waals surface area contributed by atoms with Gasteiger partial charge >= 0.3 is 0 Å². The first-order valence-corrected chi connectivity index (χ1v) is 8.81. The van der Waals surface area contributed by atoms with E-state index < -0.39 is 0 Å². The van der Waals surface area contributed by atoms with E-state index in [-0.39, 0.29) is 24.0 Å². The molecule has 0 saturated carbocycles. The molecule has 0 bridgehead atoms. The Morgan fingerprint density at radius 1 is 1.30 bits per heavy atom. The molecule has 27 heavy (non-hydrogen) atoms. The van der Waals surface area contributed by atoms with Gasteiger partial charge in [-0.2, -0.15) is 0 Å². The number of anilines is 2. The van der Waals surface area contributed by atoms with Gasteiger partial charge in [0.1, 0.15) is 6.33 Å². The number of aromatic nitrogens is 4. The second-order valence-electron chi connectivity index (χ2n) is 6.48. The highest BCUT2D eigenvalue weighted by Crippen LogP contribution is 2.24. The Bertz CT molecular complexity index is 895. The third-order valence-corrected chi connectivity index (χ3v) is 4.58. The lowest BCUT2D eigenvalue weighted by Gasteiger charge is -2.32. The summed E-state index contributed by atoms with van der Waals surface area (Å²) in [6.07, 6.45) is 7.58. The molecule has 1 fully saturated rings. The van der Waals surface area contributed by atoms with Gasteiger partial charge in [-0.05, 0) is 30.9 Å². The number of piperidine rings is 1. The first-order valence-electron chi connectivity index (χ1n) is 8.81. The number of hydrogen-bond acceptors (Lipinski definition) is 5. The second kappa shape index (κ2) is 8.98. The van der Waals surface area contributed by atoms with Crippen LogP contribution in [0.25, 0.3) is 5.65 Å². The van der Waals surface area contributed by atoms with E-state index in [2.05, 4.69) is 30.4 Å². The number of halogens is 1. The van der Waals surface area contributed by atoms with Crippen molar-refractivity contribution in [2.24, 2.45) is 16.6 Å². The number of benzene rings is 1. The summed E-state index contributed by atoms with van der Waals surface area (Å²) in [4.78, 5) is 11.3. The number of para-hydroxylation sites is 1. The van der Waals surface area contributed by atoms with Crippen molar-refractivity contribution in [1.82, 2.24) is 19.6 Å². The molecule has 8 nitrogen and oxygen atoms in total. The van der Waals surface area contributed by atoms with Crippen LogP contribution >= 0.6 is 24.0 Å². The van der Waals surface area contributed by atoms with Crippen molar-refractivity contribution in [1.29, 1.82) is 0 Å². The summed E-state index contributed by atoms with van der Waals surface area (Å²) >= 11 is 0. The minimum atomic E-state index is 0. The van der Waals surface area contributed by atoms with Crippen molar-refractivity contribution in [3.63, 3.8) is 0 Å². The minimum absolute atomic E-state index is 0. The first kappa shape index (κ1) is 19.3. The van der Waals surface area contributed by atoms with E-state index >= 15 is 0 Å². The van der Waals surface area contributed by atoms with Crippen LogP contribution in [0.1, 0.15) is 12.8 Å². The summed E-state index contributed by atoms with van der Waals surface area (Å²) in [5, 5.41) is 11.3. The molecule has 1 aliphatic heterocycles. The summed E-state index contributed by atoms with van der Waals surface area (Å²) < 4.78 is 1.89. The summed E-state index contributed by atoms with van der Waals surface area (Å²) in [5.74, 6) is 1.77. The molecule has 0 spiro atoms. The fraction of sp³-hybridized carbons (Fsp3) is 0.333. The zero-order chi connectivity index (χ0) is 17.8. The number of hydrogen-bond donors (Lipinski definition) is 2. The molecule has 142 valence electrons. The van der Waals surface area contributed by atoms with Crippen LogP contribution in [0.4, 0.5) is 11.5 Å². The highest BCUT2D eigenvalue weighted by Gasteiger charge is 2.23. The van der Waals surface area contributed by atoms with Crippen molar-refractivity contribution < 1.29 is 0 Å². The maximum atomic E-state index is 6.02. The minimum Gasteiger partial charge on any atom is -0.370 e. The van der Waals surface area contributed by atoms with Crippen LogP contribution in [-0.4, -0.2) is 45.2 Å². The van der Waals surface area contributed by atoms with Crippen LogP contribution < -0.4 is 16.0 Å². The van der Waals surface area contributed by atoms with Gasteiger partial charge in [-0.3, -0.25) is 9.39 Å². The highest BCUT2D eigenvalue weighted by molar-refractivity contribution is 14.0. The lowest BCUT2D eigenvalue weighted by Crippen LogP contribution is -2.38. The Hall–Kier alpha value is -2.43. The van der Waals surface area contributed by atoms with Gasteiger partial charge in [-0.15, -0.1) is 34.2 Å². The van der Waals surface area contributed by atoms with Crippen molar-refractivity contribution in [2.45, 2.75) is 12.8 Å². The molecule has 1 saturated heterocycles. The Morgan fingerprint density at radius 3 is 3.00 bits per heavy atom. The number of aliphatic imine (C=N–C) groups is 1. The largest absolute Gasteiger partial charge is 0.370 e. The molecule has 3 heterocycles. The van der Waals surface area contributed by atoms with E-state index in [0.29, 0.717) is 18.4 Å². The molecule has 1 unspecified atom stereocenters. The molecule has 1 aromatic carbocycles. The zero-order valence-corrected chi connectivity index (χ0v) is 17.2. The van der Waals surface area contributed by atoms with Crippen molar-refractivity contribution >= 4 is 47.1 Å². The van der Waals surface area contributed by atoms with E-state index in [4.69, 9.17) is 5.73 Å². The molecule has 4 rings (SSSR count). The maximum absolute atomic E-state index is 6.02. The van der Waals surface area contributed by atoms with Crippen LogP contribution in [0.15, 0.2) is 54.0 Å². The lowest BCUT2D eigenvalue weighted by molar-refractivity contribution is 0.422. The van der Waals surface area contributed by atoms with Gasteiger partial charge in [-0.1, -0.05) is 18.2 Å². The molecule has 1 atom stereocenters. The molecule has 3 N–H and O–H groups in total. The quantitative estimate of drug-likeness (QED) is 0.340. The molecule has 3 aromatic rings. The summed E-state index contributed by atoms with van der Waals surface area (Å²) in [6.45, 7) is 2.55. The number of nitrogens with two attached hydrogens (primary N) is 1. The van der Waals surface area contributed by atoms with Crippen molar-refractivity contribution in [2.75, 3.05) is 29.9 Å². The molecule has 0 amide bonds. The third-order valence-electron chi connectivity index (χ3n) is 4.58. The fourth-order valence-corrected chi connectivity index (χ4v) is 3.31. The molecule has 0 radical (unpaired) electrons. The summed E-state index contributed by atoms with van der Waals surface area (Å²) in [5.41, 5.74) is 7.76. The number of nitrogens with one attached hydrogen (secondary N) is 1. The topological polar surface area (TPSA) is 96.7 Å². The summed E-state index contributed by atoms with van der Waals surface area (Å²) in [6, 6.07) is 9.84. The Labute approximate surface area is 174 Å². The van der Waals surface area contributed by atoms with Crippen LogP contribution in [0, 0.1) is 5.92 Å². The third kappa shape index (κ3) is 4.65. The molecule has 1 aliphatic rings. The van der Waals surface area contributed by atoms with E-state index in [1.807, 2.05) is 40.9 Å². The standard InChI is InChI=1S/C18H22N8.HI/c19-18(23-15-6-2-1-3-7-15)21-11-14-5-4-9-25(12-14)16-17-24-22-13-26(17)10-8-20-16;/h1-3,6-8,10,13-14H,4-5,9,11-12H2,(H3,19,21,23);1H. The van der Waals surface area contributed by atoms with Crippen LogP contribution in [0.5, 0.6) is 0 Å². The Kier molecular flexibility index (Phi) is 6.43. The van der Waals surface area contributed by atoms with Gasteiger partial charge in [0.15, 0.2) is 11.8 Å². The molecular weight excluding hydrogens is 455 g/mol. The Morgan fingerprint density at radius 2 is 2.15 bits per heavy atom. The number of rotatable bonds is 4. The number of guanidine groups is 1. The van der Waals surface area contributed by atoms with Gasteiger partial charge in [-0.25, -0.2) is 4.98 Å². The van der Waals surface area contributed by atoms with E-state index in [1.165, 1.54) is 0 Å². The smallest absolute Gasteiger partial charge is 0.203 e. The van der Waals surface area contributed by atoms with E-state index in [1.54, 1.807) is 12.5 Å². The molecule has 9 heteroatoms. The SMILES string of the molecule is I.NC(=NCC1CCCN(c2nccn3cnnc23)C1)Nc1ccccc1. The maximum Gasteiger partial charge on any atom is 0.203 e. The van der Waals surface area contributed by atoms with Crippen molar-refractivity contribution in [3.8, 4) is 0 Å². The predicted octanol–water partition coefficient (Wildman–Crippen LogP) is 2.39. The lowest BCUT2D eigenvalue weighted by atomic mass is 9.98. The summed E-state index contributed by atoms with van der Waals surface area (Å²) in [7, 11) is 0. The zero-order valence-electron chi connectivity index (χ0n) is 14.9. The molecule has 0 aliphatic carbocycles. The number of fused-ring (bicyclic) bond motifs is 1. The van der Waals surface area contributed by atoms with Crippen LogP contribution in [-0.2, 0) is 0 Å². The van der Waals surface area contributed by atoms with E-state index in [9.17, 15) is 0 Å². The normalized spacial score (nSPS) is 17.6. The van der Waals surface area contributed by atoms with E-state index in [0.717, 1.165) is 43.1 Å². The van der Waals surface area contributed by atoms with Gasteiger partial charge in [0.25, 0.3) is 0 Å². The van der Waals surface area contributed by atoms with Crippen molar-refractivity contribution in [3.05, 3.63) is 49.1 Å². The highest BCUT2D eigenvalue weighted by atomic mass is 127. The molecule has 2 aromatic heterocycles. The Balaban J connectivity index is 0.00000210. The van der Waals surface area contributed by atoms with Gasteiger partial charge in [0.05, 0.1) is 0 Å². The molecular formula is C18H23IN8. The van der Waals surface area contributed by atoms with Crippen LogP contribution in [0.2, 0.25) is 0 Å². The predicted molar refractivity (Wildman–Crippen MR) is 118 cm³/mol. The average molecular weight is 478 g/mol.